The van der Waals surface area contributed by atoms with E-state index in [1.807, 2.05) is 6.07 Å². The molecule has 1 saturated heterocycles. The lowest BCUT2D eigenvalue weighted by molar-refractivity contribution is -0.122. The first-order chi connectivity index (χ1) is 10.7. The van der Waals surface area contributed by atoms with Gasteiger partial charge in [-0.25, -0.2) is 0 Å². The van der Waals surface area contributed by atoms with Crippen LogP contribution in [-0.4, -0.2) is 42.5 Å². The van der Waals surface area contributed by atoms with Crippen LogP contribution in [0.1, 0.15) is 43.6 Å². The third-order valence-corrected chi connectivity index (χ3v) is 5.01. The smallest absolute Gasteiger partial charge is 0.234 e. The van der Waals surface area contributed by atoms with Gasteiger partial charge in [0.15, 0.2) is 0 Å². The number of hydrogen-bond donors (Lipinski definition) is 2. The molecule has 0 unspecified atom stereocenters. The van der Waals surface area contributed by atoms with Gasteiger partial charge < -0.3 is 11.1 Å². The van der Waals surface area contributed by atoms with Crippen molar-refractivity contribution in [3.8, 4) is 0 Å². The van der Waals surface area contributed by atoms with Crippen LogP contribution in [0, 0.1) is 0 Å². The van der Waals surface area contributed by atoms with E-state index in [1.165, 1.54) is 24.8 Å². The van der Waals surface area contributed by atoms with Crippen LogP contribution < -0.4 is 11.1 Å². The topological polar surface area (TPSA) is 58.4 Å². The van der Waals surface area contributed by atoms with E-state index in [0.717, 1.165) is 25.9 Å². The first-order valence-electron chi connectivity index (χ1n) is 8.54. The minimum Gasteiger partial charge on any atom is -0.352 e. The fourth-order valence-corrected chi connectivity index (χ4v) is 3.82. The lowest BCUT2D eigenvalue weighted by atomic mass is 9.95. The highest BCUT2D eigenvalue weighted by molar-refractivity contribution is 5.85. The second kappa shape index (κ2) is 8.67. The molecule has 1 aromatic rings. The monoisotopic (exact) mass is 337 g/mol. The number of rotatable bonds is 4. The van der Waals surface area contributed by atoms with Crippen molar-refractivity contribution in [2.75, 3.05) is 19.6 Å². The van der Waals surface area contributed by atoms with E-state index in [0.29, 0.717) is 18.5 Å². The summed E-state index contributed by atoms with van der Waals surface area (Å²) in [6.45, 7) is 2.16. The molecule has 1 saturated carbocycles. The highest BCUT2D eigenvalue weighted by Gasteiger charge is 2.32. The lowest BCUT2D eigenvalue weighted by Gasteiger charge is -2.24. The zero-order valence-electron chi connectivity index (χ0n) is 13.6. The number of likely N-dealkylation sites (tertiary alicyclic amines) is 1. The van der Waals surface area contributed by atoms with Gasteiger partial charge in [0.25, 0.3) is 0 Å². The van der Waals surface area contributed by atoms with Gasteiger partial charge >= 0.3 is 0 Å². The number of amides is 1. The molecule has 4 nitrogen and oxygen atoms in total. The number of nitrogens with zero attached hydrogens (tertiary/aromatic N) is 1. The molecule has 0 bridgehead atoms. The molecule has 3 N–H and O–H groups in total. The van der Waals surface area contributed by atoms with Gasteiger partial charge in [-0.15, -0.1) is 12.4 Å². The van der Waals surface area contributed by atoms with Crippen LogP contribution in [-0.2, 0) is 4.79 Å². The molecular weight excluding hydrogens is 310 g/mol. The number of nitrogens with two attached hydrogens (primary N) is 1. The molecule has 1 amide bonds. The quantitative estimate of drug-likeness (QED) is 0.886. The lowest BCUT2D eigenvalue weighted by Crippen LogP contribution is -2.42. The Morgan fingerprint density at radius 3 is 2.52 bits per heavy atom. The van der Waals surface area contributed by atoms with Gasteiger partial charge in [0.05, 0.1) is 6.54 Å². The molecule has 128 valence electrons. The minimum atomic E-state index is 0. The van der Waals surface area contributed by atoms with Crippen LogP contribution in [0.2, 0.25) is 0 Å². The molecule has 23 heavy (non-hydrogen) atoms. The van der Waals surface area contributed by atoms with E-state index in [-0.39, 0.29) is 24.4 Å². The van der Waals surface area contributed by atoms with E-state index in [4.69, 9.17) is 5.73 Å². The molecule has 2 fully saturated rings. The third-order valence-electron chi connectivity index (χ3n) is 5.01. The van der Waals surface area contributed by atoms with Crippen LogP contribution in [0.5, 0.6) is 0 Å². The second-order valence-corrected chi connectivity index (χ2v) is 6.78. The van der Waals surface area contributed by atoms with Crippen molar-refractivity contribution in [1.29, 1.82) is 0 Å². The molecule has 5 heteroatoms. The Bertz CT molecular complexity index is 490. The molecule has 2 atom stereocenters. The van der Waals surface area contributed by atoms with Crippen molar-refractivity contribution >= 4 is 18.3 Å². The van der Waals surface area contributed by atoms with Gasteiger partial charge in [-0.2, -0.15) is 0 Å². The van der Waals surface area contributed by atoms with Crippen LogP contribution in [0.25, 0.3) is 0 Å². The Balaban J connectivity index is 0.00000192. The Hall–Kier alpha value is -1.10. The van der Waals surface area contributed by atoms with Gasteiger partial charge in [-0.3, -0.25) is 9.69 Å². The number of carbonyl (C=O) groups is 1. The van der Waals surface area contributed by atoms with E-state index in [1.54, 1.807) is 0 Å². The molecule has 1 heterocycles. The van der Waals surface area contributed by atoms with Crippen LogP contribution in [0.3, 0.4) is 0 Å². The maximum atomic E-state index is 12.2. The van der Waals surface area contributed by atoms with E-state index >= 15 is 0 Å². The Morgan fingerprint density at radius 1 is 1.13 bits per heavy atom. The van der Waals surface area contributed by atoms with Crippen molar-refractivity contribution in [3.63, 3.8) is 0 Å². The first kappa shape index (κ1) is 18.2. The Morgan fingerprint density at radius 2 is 1.83 bits per heavy atom. The highest BCUT2D eigenvalue weighted by Crippen LogP contribution is 2.26. The first-order valence-corrected chi connectivity index (χ1v) is 8.54. The maximum absolute atomic E-state index is 12.2. The fraction of sp³-hybridized carbons (Fsp3) is 0.611. The number of halogens is 1. The highest BCUT2D eigenvalue weighted by atomic mass is 35.5. The summed E-state index contributed by atoms with van der Waals surface area (Å²) in [4.78, 5) is 14.4. The van der Waals surface area contributed by atoms with Gasteiger partial charge in [0.2, 0.25) is 5.91 Å². The number of nitrogens with one attached hydrogen (secondary N) is 1. The summed E-state index contributed by atoms with van der Waals surface area (Å²) in [6, 6.07) is 10.9. The predicted molar refractivity (Wildman–Crippen MR) is 95.9 cm³/mol. The summed E-state index contributed by atoms with van der Waals surface area (Å²) in [7, 11) is 0. The normalized spacial score (nSPS) is 25.8. The predicted octanol–water partition coefficient (Wildman–Crippen LogP) is 2.28. The van der Waals surface area contributed by atoms with Crippen LogP contribution in [0.4, 0.5) is 0 Å². The molecule has 0 radical (unpaired) electrons. The maximum Gasteiger partial charge on any atom is 0.234 e. The van der Waals surface area contributed by atoms with Crippen molar-refractivity contribution < 1.29 is 4.79 Å². The number of carbonyl (C=O) groups excluding carboxylic acids is 1. The average molecular weight is 338 g/mol. The standard InChI is InChI=1S/C18H27N3O.ClH/c19-17-12-21(11-16(17)14-7-3-1-4-8-14)13-18(22)20-15-9-5-2-6-10-15;/h1,3-4,7-8,15-17H,2,5-6,9-13,19H2,(H,20,22);1H/t16-,17+;/m0./s1. The zero-order chi connectivity index (χ0) is 15.4. The molecule has 1 aromatic carbocycles. The molecule has 0 aromatic heterocycles. The summed E-state index contributed by atoms with van der Waals surface area (Å²) >= 11 is 0. The molecule has 0 spiro atoms. The SMILES string of the molecule is Cl.N[C@@H]1CN(CC(=O)NC2CCCCC2)C[C@H]1c1ccccc1. The van der Waals surface area contributed by atoms with Crippen LogP contribution in [0.15, 0.2) is 30.3 Å². The molecule has 1 aliphatic carbocycles. The number of benzene rings is 1. The minimum absolute atomic E-state index is 0. The van der Waals surface area contributed by atoms with E-state index < -0.39 is 0 Å². The molecule has 1 aliphatic heterocycles. The molecule has 3 rings (SSSR count). The van der Waals surface area contributed by atoms with Gasteiger partial charge in [0, 0.05) is 31.1 Å². The average Bonchev–Trinajstić information content (AvgIpc) is 2.89. The third kappa shape index (κ3) is 4.93. The molecule has 2 aliphatic rings. The zero-order valence-corrected chi connectivity index (χ0v) is 14.4. The fourth-order valence-electron chi connectivity index (χ4n) is 3.82. The van der Waals surface area contributed by atoms with Crippen molar-refractivity contribution in [2.24, 2.45) is 5.73 Å². The largest absolute Gasteiger partial charge is 0.352 e. The Kier molecular flexibility index (Phi) is 6.88. The Labute approximate surface area is 145 Å². The summed E-state index contributed by atoms with van der Waals surface area (Å²) < 4.78 is 0. The summed E-state index contributed by atoms with van der Waals surface area (Å²) in [5.41, 5.74) is 7.57. The van der Waals surface area contributed by atoms with Gasteiger partial charge in [-0.1, -0.05) is 49.6 Å². The van der Waals surface area contributed by atoms with Gasteiger partial charge in [0.1, 0.15) is 0 Å². The van der Waals surface area contributed by atoms with Crippen LogP contribution >= 0.6 is 12.4 Å². The van der Waals surface area contributed by atoms with Crippen molar-refractivity contribution in [3.05, 3.63) is 35.9 Å². The number of hydrogen-bond acceptors (Lipinski definition) is 3. The second-order valence-electron chi connectivity index (χ2n) is 6.78. The van der Waals surface area contributed by atoms with Gasteiger partial charge in [-0.05, 0) is 18.4 Å². The van der Waals surface area contributed by atoms with Crippen molar-refractivity contribution in [1.82, 2.24) is 10.2 Å². The van der Waals surface area contributed by atoms with E-state index in [9.17, 15) is 4.79 Å². The van der Waals surface area contributed by atoms with E-state index in [2.05, 4.69) is 34.5 Å². The summed E-state index contributed by atoms with van der Waals surface area (Å²) in [5, 5.41) is 3.19. The van der Waals surface area contributed by atoms with Crippen molar-refractivity contribution in [2.45, 2.75) is 50.1 Å². The summed E-state index contributed by atoms with van der Waals surface area (Å²) in [6.07, 6.45) is 6.08. The molecular formula is C18H28ClN3O. The summed E-state index contributed by atoms with van der Waals surface area (Å²) in [5.74, 6) is 0.497.